The molecule has 2 nitrogen and oxygen atoms in total. The van der Waals surface area contributed by atoms with Gasteiger partial charge in [-0.15, -0.1) is 0 Å². The van der Waals surface area contributed by atoms with Gasteiger partial charge < -0.3 is 0 Å². The van der Waals surface area contributed by atoms with Crippen molar-refractivity contribution in [1.29, 1.82) is 0 Å². The summed E-state index contributed by atoms with van der Waals surface area (Å²) < 4.78 is 0. The second-order valence-corrected chi connectivity index (χ2v) is 7.04. The molecule has 0 saturated heterocycles. The summed E-state index contributed by atoms with van der Waals surface area (Å²) in [7, 11) is 2.10. The van der Waals surface area contributed by atoms with Crippen LogP contribution in [0, 0.1) is 5.41 Å². The molecule has 21 heavy (non-hydrogen) atoms. The molecule has 0 amide bonds. The molecule has 0 unspecified atom stereocenters. The fraction of sp³-hybridized carbons (Fsp3) is 0.526. The molecule has 0 aromatic heterocycles. The van der Waals surface area contributed by atoms with Crippen LogP contribution in [0.25, 0.3) is 0 Å². The quantitative estimate of drug-likeness (QED) is 0.613. The van der Waals surface area contributed by atoms with Gasteiger partial charge in [-0.05, 0) is 51.0 Å². The van der Waals surface area contributed by atoms with E-state index in [0.717, 1.165) is 5.56 Å². The Balaban J connectivity index is 1.51. The van der Waals surface area contributed by atoms with Gasteiger partial charge in [-0.1, -0.05) is 42.5 Å². The monoisotopic (exact) mass is 283 g/mol. The molecular formula is C19H25NO. The predicted octanol–water partition coefficient (Wildman–Crippen LogP) is 4.08. The van der Waals surface area contributed by atoms with E-state index in [1.165, 1.54) is 44.1 Å². The highest BCUT2D eigenvalue weighted by Crippen LogP contribution is 2.54. The van der Waals surface area contributed by atoms with Crippen molar-refractivity contribution in [1.82, 2.24) is 4.90 Å². The number of rotatable bonds is 4. The van der Waals surface area contributed by atoms with Gasteiger partial charge in [0.1, 0.15) is 0 Å². The van der Waals surface area contributed by atoms with Crippen LogP contribution in [-0.2, 0) is 0 Å². The van der Waals surface area contributed by atoms with E-state index in [0.29, 0.717) is 18.0 Å². The number of allylic oxidation sites excluding steroid dienone is 1. The highest BCUT2D eigenvalue weighted by Gasteiger charge is 2.42. The minimum Gasteiger partial charge on any atom is -0.296 e. The lowest BCUT2D eigenvalue weighted by atomic mass is 9.58. The Bertz CT molecular complexity index is 516. The first-order chi connectivity index (χ1) is 10.1. The topological polar surface area (TPSA) is 20.3 Å². The van der Waals surface area contributed by atoms with E-state index in [2.05, 4.69) is 18.5 Å². The Labute approximate surface area is 127 Å². The first kappa shape index (κ1) is 14.5. The fourth-order valence-electron chi connectivity index (χ4n) is 4.09. The number of carbonyl (C=O) groups is 1. The molecule has 0 radical (unpaired) electrons. The average molecular weight is 283 g/mol. The Morgan fingerprint density at radius 2 is 1.86 bits per heavy atom. The van der Waals surface area contributed by atoms with Gasteiger partial charge in [0.15, 0.2) is 5.78 Å². The third-order valence-electron chi connectivity index (χ3n) is 5.38. The minimum absolute atomic E-state index is 0.232. The van der Waals surface area contributed by atoms with Gasteiger partial charge in [0, 0.05) is 11.6 Å². The number of benzene rings is 1. The molecule has 0 aliphatic heterocycles. The summed E-state index contributed by atoms with van der Waals surface area (Å²) in [5, 5.41) is 0. The summed E-state index contributed by atoms with van der Waals surface area (Å²) in [5.41, 5.74) is 2.84. The molecule has 2 aliphatic carbocycles. The van der Waals surface area contributed by atoms with Gasteiger partial charge in [0.05, 0.1) is 6.54 Å². The lowest BCUT2D eigenvalue weighted by Gasteiger charge is -2.49. The summed E-state index contributed by atoms with van der Waals surface area (Å²) in [5.74, 6) is 0.232. The maximum atomic E-state index is 12.3. The Kier molecular flexibility index (Phi) is 3.99. The van der Waals surface area contributed by atoms with Gasteiger partial charge in [0.25, 0.3) is 0 Å². The lowest BCUT2D eigenvalue weighted by Crippen LogP contribution is -2.43. The van der Waals surface area contributed by atoms with Gasteiger partial charge >= 0.3 is 0 Å². The van der Waals surface area contributed by atoms with E-state index in [4.69, 9.17) is 0 Å². The number of likely N-dealkylation sites (N-methyl/N-ethyl adjacent to an activating group) is 1. The molecule has 1 aromatic rings. The van der Waals surface area contributed by atoms with Crippen LogP contribution >= 0.6 is 0 Å². The summed E-state index contributed by atoms with van der Waals surface area (Å²) in [6.07, 6.45) is 7.55. The van der Waals surface area contributed by atoms with Crippen molar-refractivity contribution in [3.8, 4) is 0 Å². The molecule has 2 fully saturated rings. The van der Waals surface area contributed by atoms with Crippen molar-refractivity contribution in [2.75, 3.05) is 13.6 Å². The van der Waals surface area contributed by atoms with Crippen LogP contribution in [0.15, 0.2) is 42.5 Å². The maximum absolute atomic E-state index is 12.3. The number of hydrogen-bond acceptors (Lipinski definition) is 2. The number of Topliss-reactive ketones (excluding diaryl/α,β-unsaturated/α-hetero) is 1. The summed E-state index contributed by atoms with van der Waals surface area (Å²) in [4.78, 5) is 14.5. The van der Waals surface area contributed by atoms with Crippen molar-refractivity contribution >= 4 is 5.78 Å². The van der Waals surface area contributed by atoms with Crippen LogP contribution in [0.2, 0.25) is 0 Å². The van der Waals surface area contributed by atoms with Crippen LogP contribution in [-0.4, -0.2) is 30.3 Å². The first-order valence-electron chi connectivity index (χ1n) is 8.03. The van der Waals surface area contributed by atoms with Gasteiger partial charge in [0.2, 0.25) is 0 Å². The van der Waals surface area contributed by atoms with Crippen molar-refractivity contribution in [3.05, 3.63) is 48.0 Å². The highest BCUT2D eigenvalue weighted by atomic mass is 16.1. The van der Waals surface area contributed by atoms with E-state index in [-0.39, 0.29) is 5.78 Å². The molecule has 2 aliphatic rings. The van der Waals surface area contributed by atoms with Crippen molar-refractivity contribution < 1.29 is 4.79 Å². The van der Waals surface area contributed by atoms with E-state index >= 15 is 0 Å². The molecule has 0 N–H and O–H groups in total. The van der Waals surface area contributed by atoms with E-state index in [9.17, 15) is 4.79 Å². The first-order valence-corrected chi connectivity index (χ1v) is 8.03. The van der Waals surface area contributed by atoms with Crippen LogP contribution in [0.1, 0.15) is 48.9 Å². The van der Waals surface area contributed by atoms with E-state index in [1.54, 1.807) is 0 Å². The normalized spacial score (nSPS) is 21.5. The van der Waals surface area contributed by atoms with Crippen molar-refractivity contribution in [2.24, 2.45) is 5.41 Å². The zero-order chi connectivity index (χ0) is 14.9. The van der Waals surface area contributed by atoms with Gasteiger partial charge in [-0.25, -0.2) is 0 Å². The summed E-state index contributed by atoms with van der Waals surface area (Å²) >= 11 is 0. The predicted molar refractivity (Wildman–Crippen MR) is 86.5 cm³/mol. The molecule has 112 valence electrons. The zero-order valence-electron chi connectivity index (χ0n) is 13.0. The largest absolute Gasteiger partial charge is 0.296 e. The van der Waals surface area contributed by atoms with Crippen LogP contribution in [0.4, 0.5) is 0 Å². The average Bonchev–Trinajstić information content (AvgIpc) is 2.47. The molecule has 0 bridgehead atoms. The zero-order valence-corrected chi connectivity index (χ0v) is 13.0. The smallest absolute Gasteiger partial charge is 0.176 e. The lowest BCUT2D eigenvalue weighted by molar-refractivity contribution is 0.0664. The number of carbonyl (C=O) groups excluding carboxylic acids is 1. The SMILES string of the molecule is C=C1CC2(CCC(N(C)CC(=O)c3ccccc3)CC2)C1. The number of hydrogen-bond donors (Lipinski definition) is 0. The van der Waals surface area contributed by atoms with Crippen molar-refractivity contribution in [3.63, 3.8) is 0 Å². The maximum Gasteiger partial charge on any atom is 0.176 e. The summed E-state index contributed by atoms with van der Waals surface area (Å²) in [6, 6.07) is 10.2. The number of nitrogens with zero attached hydrogens (tertiary/aromatic N) is 1. The van der Waals surface area contributed by atoms with Crippen molar-refractivity contribution in [2.45, 2.75) is 44.6 Å². The summed E-state index contributed by atoms with van der Waals surface area (Å²) in [6.45, 7) is 4.62. The Morgan fingerprint density at radius 1 is 1.24 bits per heavy atom. The Hall–Kier alpha value is -1.41. The second-order valence-electron chi connectivity index (χ2n) is 7.04. The number of ketones is 1. The third-order valence-corrected chi connectivity index (χ3v) is 5.38. The minimum atomic E-state index is 0.232. The molecule has 1 aromatic carbocycles. The molecule has 0 heterocycles. The van der Waals surface area contributed by atoms with Crippen LogP contribution < -0.4 is 0 Å². The molecule has 2 saturated carbocycles. The molecule has 3 rings (SSSR count). The standard InChI is InChI=1S/C19H25NO/c1-15-12-19(13-15)10-8-17(9-11-19)20(2)14-18(21)16-6-4-3-5-7-16/h3-7,17H,1,8-14H2,2H3. The van der Waals surface area contributed by atoms with Crippen LogP contribution in [0.5, 0.6) is 0 Å². The molecule has 2 heteroatoms. The highest BCUT2D eigenvalue weighted by molar-refractivity contribution is 5.97. The fourth-order valence-corrected chi connectivity index (χ4v) is 4.09. The molecule has 0 atom stereocenters. The van der Waals surface area contributed by atoms with Gasteiger partial charge in [-0.2, -0.15) is 0 Å². The van der Waals surface area contributed by atoms with E-state index in [1.807, 2.05) is 30.3 Å². The third kappa shape index (κ3) is 3.11. The Morgan fingerprint density at radius 3 is 2.43 bits per heavy atom. The van der Waals surface area contributed by atoms with E-state index < -0.39 is 0 Å². The van der Waals surface area contributed by atoms with Crippen LogP contribution in [0.3, 0.4) is 0 Å². The van der Waals surface area contributed by atoms with Gasteiger partial charge in [-0.3, -0.25) is 9.69 Å². The second kappa shape index (κ2) is 5.76. The molecule has 1 spiro atoms. The molecular weight excluding hydrogens is 258 g/mol.